The van der Waals surface area contributed by atoms with Gasteiger partial charge in [-0.3, -0.25) is 4.68 Å². The smallest absolute Gasteiger partial charge is 0.119 e. The largest absolute Gasteiger partial charge is 0.494 e. The van der Waals surface area contributed by atoms with E-state index in [1.54, 1.807) is 0 Å². The van der Waals surface area contributed by atoms with Crippen molar-refractivity contribution in [1.29, 1.82) is 0 Å². The van der Waals surface area contributed by atoms with Crippen molar-refractivity contribution < 1.29 is 4.74 Å². The molecule has 2 N–H and O–H groups in total. The minimum Gasteiger partial charge on any atom is -0.494 e. The van der Waals surface area contributed by atoms with Gasteiger partial charge in [0, 0.05) is 19.3 Å². The van der Waals surface area contributed by atoms with Crippen LogP contribution in [0.25, 0.3) is 0 Å². The highest BCUT2D eigenvalue weighted by atomic mass is 16.5. The lowest BCUT2D eigenvalue weighted by molar-refractivity contribution is 0.301. The molecule has 0 spiro atoms. The average molecular weight is 260 g/mol. The monoisotopic (exact) mass is 260 g/mol. The predicted molar refractivity (Wildman–Crippen MR) is 73.8 cm³/mol. The van der Waals surface area contributed by atoms with Crippen molar-refractivity contribution in [3.63, 3.8) is 0 Å². The Kier molecular flexibility index (Phi) is 4.92. The Morgan fingerprint density at radius 3 is 2.95 bits per heavy atom. The van der Waals surface area contributed by atoms with Gasteiger partial charge in [0.1, 0.15) is 5.75 Å². The highest BCUT2D eigenvalue weighted by Gasteiger charge is 1.98. The Bertz CT molecular complexity index is 510. The number of unbranched alkanes of at least 4 members (excludes halogenated alkanes) is 1. The van der Waals surface area contributed by atoms with Gasteiger partial charge in [0.25, 0.3) is 0 Å². The van der Waals surface area contributed by atoms with Crippen LogP contribution in [0.4, 0.5) is 0 Å². The van der Waals surface area contributed by atoms with Gasteiger partial charge in [-0.2, -0.15) is 0 Å². The third-order valence-corrected chi connectivity index (χ3v) is 2.84. The molecule has 0 radical (unpaired) electrons. The first-order chi connectivity index (χ1) is 9.28. The average Bonchev–Trinajstić information content (AvgIpc) is 2.86. The van der Waals surface area contributed by atoms with Gasteiger partial charge in [0.2, 0.25) is 0 Å². The maximum Gasteiger partial charge on any atom is 0.119 e. The van der Waals surface area contributed by atoms with E-state index in [1.165, 1.54) is 5.56 Å². The normalized spacial score (nSPS) is 10.6. The number of hydrogen-bond donors (Lipinski definition) is 1. The second-order valence-electron chi connectivity index (χ2n) is 4.55. The fourth-order valence-corrected chi connectivity index (χ4v) is 1.81. The Morgan fingerprint density at radius 1 is 1.32 bits per heavy atom. The van der Waals surface area contributed by atoms with Crippen LogP contribution in [0.2, 0.25) is 0 Å². The maximum atomic E-state index is 5.69. The third kappa shape index (κ3) is 4.37. The van der Waals surface area contributed by atoms with Crippen molar-refractivity contribution >= 4 is 0 Å². The molecular formula is C14H20N4O. The fraction of sp³-hybridized carbons (Fsp3) is 0.429. The second-order valence-corrected chi connectivity index (χ2v) is 4.55. The van der Waals surface area contributed by atoms with Gasteiger partial charge in [-0.05, 0) is 37.5 Å². The number of nitrogens with zero attached hydrogens (tertiary/aromatic N) is 3. The first kappa shape index (κ1) is 13.5. The standard InChI is InChI=1S/C14H20N4O/c1-12-5-4-6-14(9-12)19-8-3-2-7-18-11-13(10-15)16-17-18/h4-6,9,11H,2-3,7-8,10,15H2,1H3. The molecule has 0 atom stereocenters. The van der Waals surface area contributed by atoms with E-state index in [0.717, 1.165) is 37.4 Å². The first-order valence-corrected chi connectivity index (χ1v) is 6.56. The van der Waals surface area contributed by atoms with Crippen molar-refractivity contribution in [1.82, 2.24) is 15.0 Å². The number of rotatable bonds is 7. The van der Waals surface area contributed by atoms with E-state index in [2.05, 4.69) is 23.3 Å². The summed E-state index contributed by atoms with van der Waals surface area (Å²) in [5.74, 6) is 0.936. The summed E-state index contributed by atoms with van der Waals surface area (Å²) in [6.07, 6.45) is 3.90. The summed E-state index contributed by atoms with van der Waals surface area (Å²) in [5, 5.41) is 7.95. The number of aromatic nitrogens is 3. The van der Waals surface area contributed by atoms with Crippen LogP contribution in [0.1, 0.15) is 24.1 Å². The van der Waals surface area contributed by atoms with Gasteiger partial charge in [0.15, 0.2) is 0 Å². The molecule has 1 aromatic carbocycles. The lowest BCUT2D eigenvalue weighted by Crippen LogP contribution is -2.03. The molecule has 0 amide bonds. The van der Waals surface area contributed by atoms with E-state index in [9.17, 15) is 0 Å². The maximum absolute atomic E-state index is 5.69. The zero-order chi connectivity index (χ0) is 13.5. The number of hydrogen-bond acceptors (Lipinski definition) is 4. The molecule has 5 heteroatoms. The fourth-order valence-electron chi connectivity index (χ4n) is 1.81. The van der Waals surface area contributed by atoms with Gasteiger partial charge in [-0.1, -0.05) is 17.3 Å². The van der Waals surface area contributed by atoms with E-state index < -0.39 is 0 Å². The van der Waals surface area contributed by atoms with Crippen molar-refractivity contribution in [2.24, 2.45) is 5.73 Å². The summed E-state index contributed by atoms with van der Waals surface area (Å²) in [5.41, 5.74) is 7.53. The second kappa shape index (κ2) is 6.89. The Hall–Kier alpha value is -1.88. The number of aryl methyl sites for hydroxylation is 2. The molecule has 2 rings (SSSR count). The van der Waals surface area contributed by atoms with Crippen LogP contribution in [0.3, 0.4) is 0 Å². The summed E-state index contributed by atoms with van der Waals surface area (Å²) in [6, 6.07) is 8.10. The van der Waals surface area contributed by atoms with Crippen LogP contribution in [-0.4, -0.2) is 21.6 Å². The van der Waals surface area contributed by atoms with E-state index in [-0.39, 0.29) is 0 Å². The molecule has 0 saturated carbocycles. The Labute approximate surface area is 113 Å². The van der Waals surface area contributed by atoms with Crippen LogP contribution in [0, 0.1) is 6.92 Å². The summed E-state index contributed by atoms with van der Waals surface area (Å²) < 4.78 is 7.51. The third-order valence-electron chi connectivity index (χ3n) is 2.84. The highest BCUT2D eigenvalue weighted by Crippen LogP contribution is 2.12. The zero-order valence-electron chi connectivity index (χ0n) is 11.2. The van der Waals surface area contributed by atoms with Gasteiger partial charge in [-0.25, -0.2) is 0 Å². The molecule has 1 heterocycles. The molecule has 19 heavy (non-hydrogen) atoms. The first-order valence-electron chi connectivity index (χ1n) is 6.56. The van der Waals surface area contributed by atoms with Crippen LogP contribution >= 0.6 is 0 Å². The van der Waals surface area contributed by atoms with E-state index in [0.29, 0.717) is 6.54 Å². The summed E-state index contributed by atoms with van der Waals surface area (Å²) in [4.78, 5) is 0. The molecule has 0 unspecified atom stereocenters. The molecule has 0 aliphatic heterocycles. The zero-order valence-corrected chi connectivity index (χ0v) is 11.2. The van der Waals surface area contributed by atoms with Crippen molar-refractivity contribution in [3.8, 4) is 5.75 Å². The molecule has 0 aliphatic carbocycles. The molecule has 102 valence electrons. The Morgan fingerprint density at radius 2 is 2.21 bits per heavy atom. The van der Waals surface area contributed by atoms with Gasteiger partial charge in [-0.15, -0.1) is 5.10 Å². The van der Waals surface area contributed by atoms with Crippen LogP contribution in [-0.2, 0) is 13.1 Å². The van der Waals surface area contributed by atoms with E-state index in [1.807, 2.05) is 29.1 Å². The number of nitrogens with two attached hydrogens (primary N) is 1. The molecule has 5 nitrogen and oxygen atoms in total. The molecule has 0 saturated heterocycles. The minimum absolute atomic E-state index is 0.441. The highest BCUT2D eigenvalue weighted by molar-refractivity contribution is 5.27. The molecule has 0 fully saturated rings. The van der Waals surface area contributed by atoms with Crippen LogP contribution in [0.15, 0.2) is 30.5 Å². The lowest BCUT2D eigenvalue weighted by Gasteiger charge is -2.06. The van der Waals surface area contributed by atoms with Crippen molar-refractivity contribution in [2.45, 2.75) is 32.9 Å². The summed E-state index contributed by atoms with van der Waals surface area (Å²) in [6.45, 7) is 4.08. The van der Waals surface area contributed by atoms with E-state index >= 15 is 0 Å². The topological polar surface area (TPSA) is 66.0 Å². The Balaban J connectivity index is 1.64. The SMILES string of the molecule is Cc1cccc(OCCCCn2cc(CN)nn2)c1. The molecule has 0 aliphatic rings. The number of ether oxygens (including phenoxy) is 1. The lowest BCUT2D eigenvalue weighted by atomic mass is 10.2. The molecule has 1 aromatic heterocycles. The summed E-state index contributed by atoms with van der Waals surface area (Å²) in [7, 11) is 0. The van der Waals surface area contributed by atoms with Gasteiger partial charge in [0.05, 0.1) is 12.3 Å². The summed E-state index contributed by atoms with van der Waals surface area (Å²) >= 11 is 0. The van der Waals surface area contributed by atoms with Crippen molar-refractivity contribution in [2.75, 3.05) is 6.61 Å². The molecule has 0 bridgehead atoms. The quantitative estimate of drug-likeness (QED) is 0.772. The number of benzene rings is 1. The van der Waals surface area contributed by atoms with Gasteiger partial charge < -0.3 is 10.5 Å². The minimum atomic E-state index is 0.441. The molecular weight excluding hydrogens is 240 g/mol. The van der Waals surface area contributed by atoms with Gasteiger partial charge >= 0.3 is 0 Å². The van der Waals surface area contributed by atoms with E-state index in [4.69, 9.17) is 10.5 Å². The molecule has 2 aromatic rings. The van der Waals surface area contributed by atoms with Crippen LogP contribution < -0.4 is 10.5 Å². The van der Waals surface area contributed by atoms with Crippen molar-refractivity contribution in [3.05, 3.63) is 41.7 Å². The van der Waals surface area contributed by atoms with Crippen LogP contribution in [0.5, 0.6) is 5.75 Å². The predicted octanol–water partition coefficient (Wildman–Crippen LogP) is 1.90.